The van der Waals surface area contributed by atoms with Gasteiger partial charge in [-0.05, 0) is 56.0 Å². The lowest BCUT2D eigenvalue weighted by molar-refractivity contribution is 0.281. The molecule has 0 bridgehead atoms. The third kappa shape index (κ3) is 4.81. The van der Waals surface area contributed by atoms with Crippen LogP contribution in [0.15, 0.2) is 72.9 Å². The van der Waals surface area contributed by atoms with Crippen molar-refractivity contribution in [3.63, 3.8) is 0 Å². The molecule has 3 aromatic rings. The van der Waals surface area contributed by atoms with Gasteiger partial charge in [-0.2, -0.15) is 4.31 Å². The molecule has 31 heavy (non-hydrogen) atoms. The highest BCUT2D eigenvalue weighted by Gasteiger charge is 2.40. The summed E-state index contributed by atoms with van der Waals surface area (Å²) in [6.45, 7) is 4.78. The third-order valence-corrected chi connectivity index (χ3v) is 8.34. The van der Waals surface area contributed by atoms with E-state index in [0.29, 0.717) is 19.6 Å². The average molecular weight is 437 g/mol. The Morgan fingerprint density at radius 2 is 1.74 bits per heavy atom. The molecular formula is C25H28N2O3S. The van der Waals surface area contributed by atoms with Crippen molar-refractivity contribution in [1.29, 1.82) is 0 Å². The maximum absolute atomic E-state index is 13.4. The second kappa shape index (κ2) is 9.20. The van der Waals surface area contributed by atoms with Crippen molar-refractivity contribution < 1.29 is 13.2 Å². The Labute approximate surface area is 184 Å². The maximum Gasteiger partial charge on any atom is 0.221 e. The van der Waals surface area contributed by atoms with Gasteiger partial charge in [-0.1, -0.05) is 48.5 Å². The van der Waals surface area contributed by atoms with E-state index in [4.69, 9.17) is 4.74 Å². The van der Waals surface area contributed by atoms with Crippen LogP contribution >= 0.6 is 0 Å². The number of ether oxygens (including phenoxy) is 1. The van der Waals surface area contributed by atoms with Crippen molar-refractivity contribution >= 4 is 10.0 Å². The molecular weight excluding hydrogens is 408 g/mol. The van der Waals surface area contributed by atoms with Gasteiger partial charge in [0.1, 0.15) is 17.6 Å². The van der Waals surface area contributed by atoms with Crippen LogP contribution in [0.25, 0.3) is 0 Å². The summed E-state index contributed by atoms with van der Waals surface area (Å²) in [5.74, 6) is 0.753. The van der Waals surface area contributed by atoms with Crippen molar-refractivity contribution in [3.05, 3.63) is 95.3 Å². The average Bonchev–Trinajstić information content (AvgIpc) is 2.77. The zero-order valence-corrected chi connectivity index (χ0v) is 18.8. The molecule has 1 aliphatic rings. The van der Waals surface area contributed by atoms with Crippen LogP contribution in [0.4, 0.5) is 0 Å². The highest BCUT2D eigenvalue weighted by Crippen LogP contribution is 2.38. The van der Waals surface area contributed by atoms with Gasteiger partial charge in [0, 0.05) is 30.0 Å². The zero-order valence-electron chi connectivity index (χ0n) is 17.9. The first kappa shape index (κ1) is 21.5. The standard InChI is InChI=1S/C25H28N2O3S/c1-19-10-15-25(22-7-4-3-5-8-22)31(28,29)27(19)17-21-11-13-24(14-12-21)30-18-23-9-6-16-26-20(23)2/h3-9,11-14,16,19,25H,10,15,17-18H2,1-2H3/t19-,25?/m0/s1. The highest BCUT2D eigenvalue weighted by molar-refractivity contribution is 7.89. The summed E-state index contributed by atoms with van der Waals surface area (Å²) in [6, 6.07) is 21.1. The van der Waals surface area contributed by atoms with Crippen molar-refractivity contribution in [2.75, 3.05) is 0 Å². The summed E-state index contributed by atoms with van der Waals surface area (Å²) in [7, 11) is -3.43. The number of aryl methyl sites for hydroxylation is 1. The molecule has 1 unspecified atom stereocenters. The first-order valence-corrected chi connectivity index (χ1v) is 12.1. The molecule has 0 amide bonds. The number of sulfonamides is 1. The number of hydrogen-bond donors (Lipinski definition) is 0. The van der Waals surface area contributed by atoms with E-state index in [1.165, 1.54) is 0 Å². The lowest BCUT2D eigenvalue weighted by Crippen LogP contribution is -2.44. The van der Waals surface area contributed by atoms with Gasteiger partial charge < -0.3 is 4.74 Å². The third-order valence-electron chi connectivity index (χ3n) is 5.97. The van der Waals surface area contributed by atoms with Gasteiger partial charge in [0.2, 0.25) is 10.0 Å². The van der Waals surface area contributed by atoms with Crippen molar-refractivity contribution in [3.8, 4) is 5.75 Å². The molecule has 0 N–H and O–H groups in total. The molecule has 6 heteroatoms. The number of hydrogen-bond acceptors (Lipinski definition) is 4. The normalized spacial score (nSPS) is 21.0. The molecule has 2 aromatic carbocycles. The van der Waals surface area contributed by atoms with Crippen LogP contribution in [0, 0.1) is 6.92 Å². The summed E-state index contributed by atoms with van der Waals surface area (Å²) in [5, 5.41) is -0.477. The number of nitrogens with zero attached hydrogens (tertiary/aromatic N) is 2. The number of aromatic nitrogens is 1. The summed E-state index contributed by atoms with van der Waals surface area (Å²) in [5.41, 5.74) is 3.83. The number of benzene rings is 2. The van der Waals surface area contributed by atoms with Gasteiger partial charge in [-0.25, -0.2) is 8.42 Å². The minimum atomic E-state index is -3.43. The fraction of sp³-hybridized carbons (Fsp3) is 0.320. The Balaban J connectivity index is 1.45. The van der Waals surface area contributed by atoms with Gasteiger partial charge >= 0.3 is 0 Å². The first-order valence-electron chi connectivity index (χ1n) is 10.6. The summed E-state index contributed by atoms with van der Waals surface area (Å²) in [4.78, 5) is 4.28. The van der Waals surface area contributed by atoms with Gasteiger partial charge in [-0.15, -0.1) is 0 Å². The molecule has 1 aromatic heterocycles. The molecule has 2 atom stereocenters. The lowest BCUT2D eigenvalue weighted by atomic mass is 10.0. The van der Waals surface area contributed by atoms with Crippen LogP contribution in [0.1, 0.15) is 47.4 Å². The van der Waals surface area contributed by atoms with Gasteiger partial charge in [0.25, 0.3) is 0 Å². The molecule has 1 aliphatic heterocycles. The van der Waals surface area contributed by atoms with Crippen molar-refractivity contribution in [2.45, 2.75) is 51.1 Å². The van der Waals surface area contributed by atoms with E-state index in [9.17, 15) is 8.42 Å². The maximum atomic E-state index is 13.4. The van der Waals surface area contributed by atoms with Gasteiger partial charge in [-0.3, -0.25) is 4.98 Å². The Morgan fingerprint density at radius 3 is 2.45 bits per heavy atom. The first-order chi connectivity index (χ1) is 14.9. The molecule has 0 saturated carbocycles. The zero-order chi connectivity index (χ0) is 21.8. The largest absolute Gasteiger partial charge is 0.489 e. The lowest BCUT2D eigenvalue weighted by Gasteiger charge is -2.37. The van der Waals surface area contributed by atoms with E-state index in [-0.39, 0.29) is 6.04 Å². The molecule has 4 rings (SSSR count). The second-order valence-electron chi connectivity index (χ2n) is 8.10. The van der Waals surface area contributed by atoms with Crippen LogP contribution in [-0.4, -0.2) is 23.7 Å². The minimum absolute atomic E-state index is 0.0190. The quantitative estimate of drug-likeness (QED) is 0.544. The fourth-order valence-corrected chi connectivity index (χ4v) is 6.25. The Kier molecular flexibility index (Phi) is 6.39. The monoisotopic (exact) mass is 436 g/mol. The Hall–Kier alpha value is -2.70. The van der Waals surface area contributed by atoms with E-state index in [1.54, 1.807) is 10.5 Å². The van der Waals surface area contributed by atoms with Crippen LogP contribution in [-0.2, 0) is 23.2 Å². The Bertz CT molecular complexity index is 1120. The fourth-order valence-electron chi connectivity index (χ4n) is 4.05. The van der Waals surface area contributed by atoms with Gasteiger partial charge in [0.05, 0.1) is 0 Å². The van der Waals surface area contributed by atoms with E-state index < -0.39 is 15.3 Å². The SMILES string of the molecule is Cc1ncccc1COc1ccc(CN2[C@@H](C)CCC(c3ccccc3)S2(=O)=O)cc1. The van der Waals surface area contributed by atoms with Crippen molar-refractivity contribution in [2.24, 2.45) is 0 Å². The molecule has 0 radical (unpaired) electrons. The smallest absolute Gasteiger partial charge is 0.221 e. The van der Waals surface area contributed by atoms with Crippen LogP contribution < -0.4 is 4.74 Å². The molecule has 1 saturated heterocycles. The molecule has 1 fully saturated rings. The predicted molar refractivity (Wildman–Crippen MR) is 122 cm³/mol. The second-order valence-corrected chi connectivity index (χ2v) is 10.2. The van der Waals surface area contributed by atoms with E-state index in [2.05, 4.69) is 4.98 Å². The highest BCUT2D eigenvalue weighted by atomic mass is 32.2. The minimum Gasteiger partial charge on any atom is -0.489 e. The predicted octanol–water partition coefficient (Wildman–Crippen LogP) is 5.02. The summed E-state index contributed by atoms with van der Waals surface area (Å²) >= 11 is 0. The van der Waals surface area contributed by atoms with Crippen LogP contribution in [0.5, 0.6) is 5.75 Å². The van der Waals surface area contributed by atoms with Gasteiger partial charge in [0.15, 0.2) is 0 Å². The summed E-state index contributed by atoms with van der Waals surface area (Å²) < 4.78 is 34.3. The Morgan fingerprint density at radius 1 is 1.00 bits per heavy atom. The number of pyridine rings is 1. The molecule has 5 nitrogen and oxygen atoms in total. The van der Waals surface area contributed by atoms with E-state index in [1.807, 2.05) is 80.6 Å². The number of rotatable bonds is 6. The molecule has 162 valence electrons. The molecule has 0 spiro atoms. The van der Waals surface area contributed by atoms with Crippen LogP contribution in [0.2, 0.25) is 0 Å². The van der Waals surface area contributed by atoms with Crippen molar-refractivity contribution in [1.82, 2.24) is 9.29 Å². The molecule has 2 heterocycles. The topological polar surface area (TPSA) is 59.5 Å². The van der Waals surface area contributed by atoms with E-state index >= 15 is 0 Å². The van der Waals surface area contributed by atoms with E-state index in [0.717, 1.165) is 34.6 Å². The summed E-state index contributed by atoms with van der Waals surface area (Å²) in [6.07, 6.45) is 3.28. The molecule has 0 aliphatic carbocycles. The van der Waals surface area contributed by atoms with Crippen LogP contribution in [0.3, 0.4) is 0 Å².